The van der Waals surface area contributed by atoms with Gasteiger partial charge in [-0.25, -0.2) is 0 Å². The number of pyridine rings is 1. The summed E-state index contributed by atoms with van der Waals surface area (Å²) in [5.74, 6) is 0.831. The van der Waals surface area contributed by atoms with Gasteiger partial charge in [-0.05, 0) is 54.3 Å². The Morgan fingerprint density at radius 2 is 1.65 bits per heavy atom. The molecular weight excluding hydrogens is 599 g/mol. The van der Waals surface area contributed by atoms with E-state index in [0.29, 0.717) is 5.92 Å². The van der Waals surface area contributed by atoms with Crippen LogP contribution in [0.5, 0.6) is 0 Å². The maximum atomic E-state index is 9.59. The first-order valence-corrected chi connectivity index (χ1v) is 12.4. The second-order valence-electron chi connectivity index (χ2n) is 11.1. The van der Waals surface area contributed by atoms with Crippen LogP contribution >= 0.6 is 0 Å². The molecule has 3 aromatic rings. The van der Waals surface area contributed by atoms with Gasteiger partial charge in [-0.3, -0.25) is 4.98 Å². The molecule has 0 amide bonds. The number of fused-ring (bicyclic) bond motifs is 2. The van der Waals surface area contributed by atoms with Crippen molar-refractivity contribution in [2.45, 2.75) is 84.3 Å². The van der Waals surface area contributed by atoms with Crippen LogP contribution < -0.4 is 0 Å². The predicted octanol–water partition coefficient (Wildman–Crippen LogP) is 6.53. The molecule has 4 heteroatoms. The number of aliphatic hydroxyl groups excluding tert-OH is 2. The summed E-state index contributed by atoms with van der Waals surface area (Å²) < 4.78 is 0. The van der Waals surface area contributed by atoms with Crippen LogP contribution in [0.2, 0.25) is 0 Å². The van der Waals surface area contributed by atoms with Crippen LogP contribution in [0.1, 0.15) is 69.6 Å². The summed E-state index contributed by atoms with van der Waals surface area (Å²) in [4.78, 5) is 4.87. The Bertz CT molecular complexity index is 1100. The fraction of sp³-hybridized carbons (Fsp3) is 0.500. The summed E-state index contributed by atoms with van der Waals surface area (Å²) in [5, 5.41) is 20.4. The van der Waals surface area contributed by atoms with Gasteiger partial charge in [0.15, 0.2) is 0 Å². The van der Waals surface area contributed by atoms with Crippen molar-refractivity contribution in [2.75, 3.05) is 0 Å². The van der Waals surface area contributed by atoms with Crippen molar-refractivity contribution >= 4 is 10.9 Å². The Morgan fingerprint density at radius 1 is 0.912 bits per heavy atom. The summed E-state index contributed by atoms with van der Waals surface area (Å²) in [6, 6.07) is 18.4. The molecule has 34 heavy (non-hydrogen) atoms. The maximum Gasteiger partial charge on any atom is 0.0598 e. The van der Waals surface area contributed by atoms with Gasteiger partial charge in [0.2, 0.25) is 0 Å². The Hall–Kier alpha value is -1.58. The van der Waals surface area contributed by atoms with Gasteiger partial charge in [0, 0.05) is 31.4 Å². The minimum atomic E-state index is -0.216. The summed E-state index contributed by atoms with van der Waals surface area (Å²) in [6.45, 7) is 10.9. The molecule has 1 radical (unpaired) electrons. The van der Waals surface area contributed by atoms with Crippen molar-refractivity contribution in [1.82, 2.24) is 4.98 Å². The SMILES string of the molecule is Cc1[c-]c(-c2ccc3c(C(C)(C)C)cccc3n2)cc(C)c1.OC1CCCC2CCC(O)C12.[Ir]. The minimum absolute atomic E-state index is 0. The van der Waals surface area contributed by atoms with Crippen LogP contribution in [-0.4, -0.2) is 27.4 Å². The van der Waals surface area contributed by atoms with Crippen LogP contribution in [0.15, 0.2) is 42.5 Å². The molecule has 3 nitrogen and oxygen atoms in total. The van der Waals surface area contributed by atoms with Gasteiger partial charge < -0.3 is 10.2 Å². The number of aliphatic hydroxyl groups is 2. The van der Waals surface area contributed by atoms with Crippen molar-refractivity contribution < 1.29 is 30.3 Å². The molecule has 4 unspecified atom stereocenters. The van der Waals surface area contributed by atoms with Crippen LogP contribution in [0.25, 0.3) is 22.2 Å². The van der Waals surface area contributed by atoms with Gasteiger partial charge >= 0.3 is 0 Å². The van der Waals surface area contributed by atoms with E-state index >= 15 is 0 Å². The molecule has 2 aliphatic carbocycles. The molecule has 1 heterocycles. The zero-order valence-electron chi connectivity index (χ0n) is 21.1. The molecule has 1 aromatic heterocycles. The summed E-state index contributed by atoms with van der Waals surface area (Å²) >= 11 is 0. The van der Waals surface area contributed by atoms with Gasteiger partial charge in [0.1, 0.15) is 0 Å². The molecule has 2 aliphatic rings. The minimum Gasteiger partial charge on any atom is -0.393 e. The Labute approximate surface area is 218 Å². The van der Waals surface area contributed by atoms with Gasteiger partial charge in [0.05, 0.1) is 17.7 Å². The first-order chi connectivity index (χ1) is 15.6. The van der Waals surface area contributed by atoms with E-state index in [9.17, 15) is 10.2 Å². The largest absolute Gasteiger partial charge is 0.393 e. The first-order valence-electron chi connectivity index (χ1n) is 12.4. The number of rotatable bonds is 1. The molecule has 2 aromatic carbocycles. The Morgan fingerprint density at radius 3 is 2.32 bits per heavy atom. The molecule has 0 saturated heterocycles. The molecule has 2 saturated carbocycles. The first kappa shape index (κ1) is 27.0. The fourth-order valence-corrected chi connectivity index (χ4v) is 5.77. The molecule has 0 bridgehead atoms. The van der Waals surface area contributed by atoms with E-state index in [1.807, 2.05) is 0 Å². The van der Waals surface area contributed by atoms with Crippen molar-refractivity contribution in [3.63, 3.8) is 0 Å². The second-order valence-corrected chi connectivity index (χ2v) is 11.1. The maximum absolute atomic E-state index is 9.59. The van der Waals surface area contributed by atoms with Crippen LogP contribution in [-0.2, 0) is 25.5 Å². The van der Waals surface area contributed by atoms with E-state index in [1.165, 1.54) is 22.9 Å². The van der Waals surface area contributed by atoms with Gasteiger partial charge in [-0.15, -0.1) is 34.9 Å². The van der Waals surface area contributed by atoms with E-state index in [-0.39, 0.29) is 43.6 Å². The second kappa shape index (κ2) is 11.0. The summed E-state index contributed by atoms with van der Waals surface area (Å²) in [7, 11) is 0. The molecule has 4 atom stereocenters. The van der Waals surface area contributed by atoms with Crippen molar-refractivity contribution in [1.29, 1.82) is 0 Å². The third-order valence-corrected chi connectivity index (χ3v) is 7.30. The number of benzene rings is 2. The van der Waals surface area contributed by atoms with Gasteiger partial charge in [0.25, 0.3) is 0 Å². The third-order valence-electron chi connectivity index (χ3n) is 7.30. The van der Waals surface area contributed by atoms with E-state index in [0.717, 1.165) is 48.0 Å². The quantitative estimate of drug-likeness (QED) is 0.299. The van der Waals surface area contributed by atoms with E-state index in [1.54, 1.807) is 0 Å². The molecule has 185 valence electrons. The third kappa shape index (κ3) is 5.97. The Balaban J connectivity index is 0.000000227. The predicted molar refractivity (Wildman–Crippen MR) is 136 cm³/mol. The van der Waals surface area contributed by atoms with Crippen LogP contribution in [0.3, 0.4) is 0 Å². The number of nitrogens with zero attached hydrogens (tertiary/aromatic N) is 1. The zero-order chi connectivity index (χ0) is 23.8. The van der Waals surface area contributed by atoms with Crippen molar-refractivity contribution in [3.05, 3.63) is 65.2 Å². The number of aryl methyl sites for hydroxylation is 2. The van der Waals surface area contributed by atoms with E-state index in [2.05, 4.69) is 83.1 Å². The molecule has 0 aliphatic heterocycles. The molecule has 5 rings (SSSR count). The van der Waals surface area contributed by atoms with E-state index < -0.39 is 0 Å². The van der Waals surface area contributed by atoms with Crippen LogP contribution in [0, 0.1) is 31.7 Å². The Kier molecular flexibility index (Phi) is 8.74. The van der Waals surface area contributed by atoms with E-state index in [4.69, 9.17) is 4.98 Å². The standard InChI is InChI=1S/C21H22N.C9H16O2.Ir/c1-14-11-15(2)13-16(12-14)19-10-9-17-18(21(3,4)5)7-6-8-20(17)22-19;10-7-3-1-2-6-4-5-8(11)9(6)7;/h6-12H,1-5H3;6-11H,1-5H2;/q-1;;. The smallest absolute Gasteiger partial charge is 0.0598 e. The zero-order valence-corrected chi connectivity index (χ0v) is 23.5. The molecule has 2 N–H and O–H groups in total. The molecule has 0 spiro atoms. The van der Waals surface area contributed by atoms with Crippen LogP contribution in [0.4, 0.5) is 0 Å². The fourth-order valence-electron chi connectivity index (χ4n) is 5.77. The topological polar surface area (TPSA) is 53.4 Å². The summed E-state index contributed by atoms with van der Waals surface area (Å²) in [6.07, 6.45) is 4.88. The number of hydrogen-bond donors (Lipinski definition) is 2. The molecular formula is C30H38IrNO2-. The summed E-state index contributed by atoms with van der Waals surface area (Å²) in [5.41, 5.74) is 6.98. The normalized spacial score (nSPS) is 24.1. The van der Waals surface area contributed by atoms with Gasteiger partial charge in [-0.2, -0.15) is 0 Å². The van der Waals surface area contributed by atoms with Gasteiger partial charge in [-0.1, -0.05) is 65.3 Å². The monoisotopic (exact) mass is 637 g/mol. The number of aromatic nitrogens is 1. The number of hydrogen-bond acceptors (Lipinski definition) is 3. The van der Waals surface area contributed by atoms with Crippen molar-refractivity contribution in [3.8, 4) is 11.3 Å². The average molecular weight is 637 g/mol. The average Bonchev–Trinajstić information content (AvgIpc) is 3.14. The molecule has 2 fully saturated rings. The van der Waals surface area contributed by atoms with Crippen molar-refractivity contribution in [2.24, 2.45) is 11.8 Å².